The normalized spacial score (nSPS) is 18.9. The maximum atomic E-state index is 13.1. The fourth-order valence-corrected chi connectivity index (χ4v) is 2.30. The van der Waals surface area contributed by atoms with Gasteiger partial charge in [0.25, 0.3) is 5.91 Å². The van der Waals surface area contributed by atoms with Crippen molar-refractivity contribution in [1.82, 2.24) is 10.6 Å². The molecule has 18 heavy (non-hydrogen) atoms. The summed E-state index contributed by atoms with van der Waals surface area (Å²) in [7, 11) is 0. The first kappa shape index (κ1) is 13.0. The smallest absolute Gasteiger partial charge is 0.251 e. The van der Waals surface area contributed by atoms with Crippen LogP contribution in [-0.4, -0.2) is 25.0 Å². The summed E-state index contributed by atoms with van der Waals surface area (Å²) in [6, 6.07) is 4.80. The van der Waals surface area contributed by atoms with E-state index in [9.17, 15) is 9.18 Å². The molecule has 0 bridgehead atoms. The van der Waals surface area contributed by atoms with Crippen LogP contribution in [0.2, 0.25) is 0 Å². The summed E-state index contributed by atoms with van der Waals surface area (Å²) in [6.45, 7) is 3.51. The zero-order valence-corrected chi connectivity index (χ0v) is 10.6. The lowest BCUT2D eigenvalue weighted by atomic mass is 10.1. The quantitative estimate of drug-likeness (QED) is 0.858. The van der Waals surface area contributed by atoms with Gasteiger partial charge >= 0.3 is 0 Å². The number of benzene rings is 1. The van der Waals surface area contributed by atoms with Gasteiger partial charge in [-0.05, 0) is 50.4 Å². The Kier molecular flexibility index (Phi) is 4.31. The predicted molar refractivity (Wildman–Crippen MR) is 69.1 cm³/mol. The molecule has 0 aromatic heterocycles. The van der Waals surface area contributed by atoms with Gasteiger partial charge < -0.3 is 10.6 Å². The number of aryl methyl sites for hydroxylation is 1. The SMILES string of the molecule is Cc1ccc(F)cc1C(=O)NCC[C@H]1CCCN1. The van der Waals surface area contributed by atoms with Crippen LogP contribution in [0.5, 0.6) is 0 Å². The maximum Gasteiger partial charge on any atom is 0.251 e. The third kappa shape index (κ3) is 3.29. The number of nitrogens with one attached hydrogen (secondary N) is 2. The Morgan fingerprint density at radius 3 is 3.11 bits per heavy atom. The Hall–Kier alpha value is -1.42. The van der Waals surface area contributed by atoms with Gasteiger partial charge in [-0.1, -0.05) is 6.07 Å². The zero-order chi connectivity index (χ0) is 13.0. The van der Waals surface area contributed by atoms with E-state index in [1.54, 1.807) is 6.07 Å². The minimum Gasteiger partial charge on any atom is -0.352 e. The number of carbonyl (C=O) groups excluding carboxylic acids is 1. The molecule has 3 nitrogen and oxygen atoms in total. The van der Waals surface area contributed by atoms with Crippen LogP contribution in [-0.2, 0) is 0 Å². The second-order valence-electron chi connectivity index (χ2n) is 4.80. The van der Waals surface area contributed by atoms with Crippen LogP contribution in [0.4, 0.5) is 4.39 Å². The van der Waals surface area contributed by atoms with Crippen molar-refractivity contribution in [3.05, 3.63) is 35.1 Å². The number of amides is 1. The van der Waals surface area contributed by atoms with Crippen molar-refractivity contribution in [1.29, 1.82) is 0 Å². The van der Waals surface area contributed by atoms with Gasteiger partial charge in [-0.2, -0.15) is 0 Å². The minimum absolute atomic E-state index is 0.190. The fourth-order valence-electron chi connectivity index (χ4n) is 2.30. The first-order chi connectivity index (χ1) is 8.66. The first-order valence-electron chi connectivity index (χ1n) is 6.44. The molecule has 4 heteroatoms. The van der Waals surface area contributed by atoms with E-state index in [1.165, 1.54) is 25.0 Å². The number of rotatable bonds is 4. The summed E-state index contributed by atoms with van der Waals surface area (Å²) >= 11 is 0. The number of carbonyl (C=O) groups is 1. The molecule has 0 radical (unpaired) electrons. The van der Waals surface area contributed by atoms with Gasteiger partial charge in [0.15, 0.2) is 0 Å². The Morgan fingerprint density at radius 2 is 2.39 bits per heavy atom. The van der Waals surface area contributed by atoms with Gasteiger partial charge in [0.1, 0.15) is 5.82 Å². The van der Waals surface area contributed by atoms with Crippen LogP contribution < -0.4 is 10.6 Å². The van der Waals surface area contributed by atoms with Crippen LogP contribution in [0.3, 0.4) is 0 Å². The van der Waals surface area contributed by atoms with Gasteiger partial charge in [-0.15, -0.1) is 0 Å². The Labute approximate surface area is 107 Å². The highest BCUT2D eigenvalue weighted by molar-refractivity contribution is 5.95. The lowest BCUT2D eigenvalue weighted by Crippen LogP contribution is -2.31. The van der Waals surface area contributed by atoms with Crippen LogP contribution in [0, 0.1) is 12.7 Å². The molecule has 1 fully saturated rings. The van der Waals surface area contributed by atoms with E-state index in [-0.39, 0.29) is 11.7 Å². The van der Waals surface area contributed by atoms with Gasteiger partial charge in [0, 0.05) is 18.2 Å². The van der Waals surface area contributed by atoms with Crippen molar-refractivity contribution in [3.8, 4) is 0 Å². The highest BCUT2D eigenvalue weighted by Crippen LogP contribution is 2.11. The third-order valence-corrected chi connectivity index (χ3v) is 3.38. The largest absolute Gasteiger partial charge is 0.352 e. The molecule has 0 saturated carbocycles. The average molecular weight is 250 g/mol. The zero-order valence-electron chi connectivity index (χ0n) is 10.6. The Morgan fingerprint density at radius 1 is 1.56 bits per heavy atom. The topological polar surface area (TPSA) is 41.1 Å². The minimum atomic E-state index is -0.372. The van der Waals surface area contributed by atoms with Gasteiger partial charge in [0.2, 0.25) is 0 Å². The van der Waals surface area contributed by atoms with Gasteiger partial charge in [-0.3, -0.25) is 4.79 Å². The van der Waals surface area contributed by atoms with E-state index in [0.29, 0.717) is 18.2 Å². The number of halogens is 1. The molecule has 2 N–H and O–H groups in total. The molecule has 0 spiro atoms. The van der Waals surface area contributed by atoms with Crippen LogP contribution >= 0.6 is 0 Å². The van der Waals surface area contributed by atoms with Crippen molar-refractivity contribution < 1.29 is 9.18 Å². The molecular weight excluding hydrogens is 231 g/mol. The summed E-state index contributed by atoms with van der Waals surface area (Å²) in [4.78, 5) is 11.9. The Bertz CT molecular complexity index is 428. The summed E-state index contributed by atoms with van der Waals surface area (Å²) in [5.74, 6) is -0.562. The van der Waals surface area contributed by atoms with E-state index < -0.39 is 0 Å². The lowest BCUT2D eigenvalue weighted by molar-refractivity contribution is 0.0951. The van der Waals surface area contributed by atoms with Crippen LogP contribution in [0.25, 0.3) is 0 Å². The first-order valence-corrected chi connectivity index (χ1v) is 6.44. The van der Waals surface area contributed by atoms with E-state index >= 15 is 0 Å². The molecule has 1 atom stereocenters. The van der Waals surface area contributed by atoms with Crippen molar-refractivity contribution >= 4 is 5.91 Å². The highest BCUT2D eigenvalue weighted by Gasteiger charge is 2.14. The van der Waals surface area contributed by atoms with Crippen LogP contribution in [0.15, 0.2) is 18.2 Å². The summed E-state index contributed by atoms with van der Waals surface area (Å²) < 4.78 is 13.1. The molecule has 0 unspecified atom stereocenters. The van der Waals surface area contributed by atoms with Crippen molar-refractivity contribution in [2.45, 2.75) is 32.2 Å². The van der Waals surface area contributed by atoms with E-state index in [0.717, 1.165) is 18.5 Å². The van der Waals surface area contributed by atoms with Crippen LogP contribution in [0.1, 0.15) is 35.2 Å². The second-order valence-corrected chi connectivity index (χ2v) is 4.80. The maximum absolute atomic E-state index is 13.1. The summed E-state index contributed by atoms with van der Waals surface area (Å²) in [5.41, 5.74) is 1.22. The predicted octanol–water partition coefficient (Wildman–Crippen LogP) is 2.01. The van der Waals surface area contributed by atoms with Crippen molar-refractivity contribution in [2.75, 3.05) is 13.1 Å². The number of hydrogen-bond acceptors (Lipinski definition) is 2. The van der Waals surface area contributed by atoms with Gasteiger partial charge in [0.05, 0.1) is 0 Å². The van der Waals surface area contributed by atoms with E-state index in [1.807, 2.05) is 6.92 Å². The number of hydrogen-bond donors (Lipinski definition) is 2. The van der Waals surface area contributed by atoms with Gasteiger partial charge in [-0.25, -0.2) is 4.39 Å². The molecule has 0 aliphatic carbocycles. The molecule has 2 rings (SSSR count). The molecular formula is C14H19FN2O. The van der Waals surface area contributed by atoms with E-state index in [4.69, 9.17) is 0 Å². The molecule has 98 valence electrons. The molecule has 1 saturated heterocycles. The second kappa shape index (κ2) is 5.96. The molecule has 1 amide bonds. The fraction of sp³-hybridized carbons (Fsp3) is 0.500. The summed E-state index contributed by atoms with van der Waals surface area (Å²) in [6.07, 6.45) is 3.32. The molecule has 1 aliphatic rings. The molecule has 1 aliphatic heterocycles. The molecule has 1 aromatic rings. The van der Waals surface area contributed by atoms with E-state index in [2.05, 4.69) is 10.6 Å². The summed E-state index contributed by atoms with van der Waals surface area (Å²) in [5, 5.41) is 6.23. The monoisotopic (exact) mass is 250 g/mol. The van der Waals surface area contributed by atoms with Crippen molar-refractivity contribution in [3.63, 3.8) is 0 Å². The average Bonchev–Trinajstić information content (AvgIpc) is 2.85. The Balaban J connectivity index is 1.85. The van der Waals surface area contributed by atoms with Crippen molar-refractivity contribution in [2.24, 2.45) is 0 Å². The molecule has 1 aromatic carbocycles. The third-order valence-electron chi connectivity index (χ3n) is 3.38. The highest BCUT2D eigenvalue weighted by atomic mass is 19.1. The standard InChI is InChI=1S/C14H19FN2O/c1-10-4-5-11(15)9-13(10)14(18)17-8-6-12-3-2-7-16-12/h4-5,9,12,16H,2-3,6-8H2,1H3,(H,17,18)/t12-/m1/s1. The molecule has 1 heterocycles. The lowest BCUT2D eigenvalue weighted by Gasteiger charge is -2.11.